The molecule has 1 aliphatic heterocycles. The summed E-state index contributed by atoms with van der Waals surface area (Å²) in [5, 5.41) is 2.77. The summed E-state index contributed by atoms with van der Waals surface area (Å²) < 4.78 is 10.6. The summed E-state index contributed by atoms with van der Waals surface area (Å²) in [6.45, 7) is 4.72. The lowest BCUT2D eigenvalue weighted by Crippen LogP contribution is -2.47. The molecule has 2 aliphatic rings. The largest absolute Gasteiger partial charge is 0.497 e. The van der Waals surface area contributed by atoms with E-state index < -0.39 is 0 Å². The molecule has 5 nitrogen and oxygen atoms in total. The number of carbonyl (C=O) groups is 1. The van der Waals surface area contributed by atoms with Crippen LogP contribution in [0.25, 0.3) is 0 Å². The maximum absolute atomic E-state index is 12.0. The molecule has 0 radical (unpaired) electrons. The Balaban J connectivity index is 1.42. The third-order valence-corrected chi connectivity index (χ3v) is 6.40. The molecule has 150 valence electrons. The minimum atomic E-state index is -0.389. The van der Waals surface area contributed by atoms with Crippen LogP contribution in [0.15, 0.2) is 24.3 Å². The van der Waals surface area contributed by atoms with Crippen LogP contribution in [0.3, 0.4) is 0 Å². The topological polar surface area (TPSA) is 50.8 Å². The molecule has 0 bridgehead atoms. The molecular formula is C22H34N2O3. The van der Waals surface area contributed by atoms with Crippen molar-refractivity contribution in [2.75, 3.05) is 32.1 Å². The Morgan fingerprint density at radius 2 is 1.96 bits per heavy atom. The number of methoxy groups -OCH3 is 1. The first-order valence-corrected chi connectivity index (χ1v) is 10.5. The van der Waals surface area contributed by atoms with Gasteiger partial charge in [-0.15, -0.1) is 0 Å². The van der Waals surface area contributed by atoms with Crippen molar-refractivity contribution < 1.29 is 14.3 Å². The van der Waals surface area contributed by atoms with E-state index in [2.05, 4.69) is 17.1 Å². The van der Waals surface area contributed by atoms with E-state index in [4.69, 9.17) is 9.47 Å². The highest BCUT2D eigenvalue weighted by atomic mass is 16.5. The summed E-state index contributed by atoms with van der Waals surface area (Å²) in [5.74, 6) is 1.69. The standard InChI is InChI=1S/C22H34N2O3/c1-3-5-18-10-13-22(14-11-18)12-4-15-24(22)16-17-27-21(25)23-19-6-8-20(26-2)9-7-19/h6-9,18H,3-5,10-17H2,1-2H3,(H,23,25). The van der Waals surface area contributed by atoms with Crippen molar-refractivity contribution in [3.8, 4) is 5.75 Å². The van der Waals surface area contributed by atoms with Crippen LogP contribution in [0.2, 0.25) is 0 Å². The molecule has 1 aliphatic carbocycles. The lowest BCUT2D eigenvalue weighted by Gasteiger charge is -2.44. The molecule has 1 spiro atoms. The van der Waals surface area contributed by atoms with Crippen molar-refractivity contribution in [2.45, 2.75) is 63.8 Å². The van der Waals surface area contributed by atoms with Crippen molar-refractivity contribution in [1.82, 2.24) is 4.90 Å². The van der Waals surface area contributed by atoms with Crippen LogP contribution in [0.4, 0.5) is 10.5 Å². The van der Waals surface area contributed by atoms with Crippen LogP contribution in [-0.2, 0) is 4.74 Å². The Morgan fingerprint density at radius 1 is 1.22 bits per heavy atom. The van der Waals surface area contributed by atoms with E-state index in [1.807, 2.05) is 24.3 Å². The molecule has 3 rings (SSSR count). The Kier molecular flexibility index (Phi) is 7.00. The molecular weight excluding hydrogens is 340 g/mol. The number of nitrogens with one attached hydrogen (secondary N) is 1. The van der Waals surface area contributed by atoms with E-state index in [0.29, 0.717) is 17.8 Å². The fraction of sp³-hybridized carbons (Fsp3) is 0.682. The Labute approximate surface area is 163 Å². The van der Waals surface area contributed by atoms with E-state index in [0.717, 1.165) is 24.8 Å². The molecule has 1 heterocycles. The van der Waals surface area contributed by atoms with Crippen LogP contribution >= 0.6 is 0 Å². The molecule has 0 aromatic heterocycles. The first-order chi connectivity index (χ1) is 13.1. The summed E-state index contributed by atoms with van der Waals surface area (Å²) in [7, 11) is 1.62. The molecule has 0 unspecified atom stereocenters. The number of hydrogen-bond acceptors (Lipinski definition) is 4. The van der Waals surface area contributed by atoms with Gasteiger partial charge in [0.15, 0.2) is 0 Å². The maximum atomic E-state index is 12.0. The van der Waals surface area contributed by atoms with E-state index in [9.17, 15) is 4.79 Å². The molecule has 1 amide bonds. The van der Waals surface area contributed by atoms with Gasteiger partial charge in [-0.3, -0.25) is 10.2 Å². The van der Waals surface area contributed by atoms with Crippen molar-refractivity contribution in [3.05, 3.63) is 24.3 Å². The molecule has 27 heavy (non-hydrogen) atoms. The Bertz CT molecular complexity index is 594. The molecule has 2 fully saturated rings. The minimum Gasteiger partial charge on any atom is -0.497 e. The third kappa shape index (κ3) is 5.16. The quantitative estimate of drug-likeness (QED) is 0.724. The predicted octanol–water partition coefficient (Wildman–Crippen LogP) is 5.07. The Hall–Kier alpha value is -1.75. The normalized spacial score (nSPS) is 25.5. The number of likely N-dealkylation sites (tertiary alicyclic amines) is 1. The van der Waals surface area contributed by atoms with E-state index in [1.165, 1.54) is 51.4 Å². The average molecular weight is 375 g/mol. The van der Waals surface area contributed by atoms with Crippen molar-refractivity contribution in [1.29, 1.82) is 0 Å². The van der Waals surface area contributed by atoms with Crippen molar-refractivity contribution in [3.63, 3.8) is 0 Å². The fourth-order valence-corrected chi connectivity index (χ4v) is 4.90. The highest BCUT2D eigenvalue weighted by Crippen LogP contribution is 2.44. The van der Waals surface area contributed by atoms with Crippen LogP contribution in [0.1, 0.15) is 58.3 Å². The van der Waals surface area contributed by atoms with Crippen LogP contribution in [-0.4, -0.2) is 43.3 Å². The SMILES string of the molecule is CCCC1CCC2(CCCN2CCOC(=O)Nc2ccc(OC)cc2)CC1. The second kappa shape index (κ2) is 9.45. The second-order valence-corrected chi connectivity index (χ2v) is 8.04. The number of rotatable bonds is 7. The number of ether oxygens (including phenoxy) is 2. The zero-order chi connectivity index (χ0) is 19.1. The number of nitrogens with zero attached hydrogens (tertiary/aromatic N) is 1. The molecule has 1 aromatic rings. The van der Waals surface area contributed by atoms with Gasteiger partial charge in [0, 0.05) is 17.8 Å². The number of benzene rings is 1. The average Bonchev–Trinajstić information content (AvgIpc) is 3.07. The summed E-state index contributed by atoms with van der Waals surface area (Å²) in [5.41, 5.74) is 1.09. The Morgan fingerprint density at radius 3 is 2.63 bits per heavy atom. The van der Waals surface area contributed by atoms with E-state index in [1.54, 1.807) is 7.11 Å². The molecule has 5 heteroatoms. The van der Waals surface area contributed by atoms with Gasteiger partial charge in [0.05, 0.1) is 7.11 Å². The van der Waals surface area contributed by atoms with Gasteiger partial charge < -0.3 is 9.47 Å². The van der Waals surface area contributed by atoms with Crippen molar-refractivity contribution >= 4 is 11.8 Å². The minimum absolute atomic E-state index is 0.375. The number of amides is 1. The van der Waals surface area contributed by atoms with Gasteiger partial charge in [0.25, 0.3) is 0 Å². The van der Waals surface area contributed by atoms with E-state index in [-0.39, 0.29) is 6.09 Å². The van der Waals surface area contributed by atoms with Crippen LogP contribution in [0, 0.1) is 5.92 Å². The zero-order valence-corrected chi connectivity index (χ0v) is 16.8. The lowest BCUT2D eigenvalue weighted by molar-refractivity contribution is 0.0531. The third-order valence-electron chi connectivity index (χ3n) is 6.40. The monoisotopic (exact) mass is 374 g/mol. The van der Waals surface area contributed by atoms with Crippen molar-refractivity contribution in [2.24, 2.45) is 5.92 Å². The van der Waals surface area contributed by atoms with E-state index >= 15 is 0 Å². The number of hydrogen-bond donors (Lipinski definition) is 1. The smallest absolute Gasteiger partial charge is 0.411 e. The fourth-order valence-electron chi connectivity index (χ4n) is 4.90. The van der Waals surface area contributed by atoms with Crippen LogP contribution < -0.4 is 10.1 Å². The molecule has 1 saturated heterocycles. The number of anilines is 1. The molecule has 0 atom stereocenters. The van der Waals surface area contributed by atoms with Crippen LogP contribution in [0.5, 0.6) is 5.75 Å². The van der Waals surface area contributed by atoms with Gasteiger partial charge in [-0.25, -0.2) is 4.79 Å². The summed E-state index contributed by atoms with van der Waals surface area (Å²) in [4.78, 5) is 14.6. The predicted molar refractivity (Wildman–Crippen MR) is 108 cm³/mol. The lowest BCUT2D eigenvalue weighted by atomic mass is 9.74. The molecule has 1 N–H and O–H groups in total. The van der Waals surface area contributed by atoms with Gasteiger partial charge >= 0.3 is 6.09 Å². The zero-order valence-electron chi connectivity index (χ0n) is 16.8. The summed E-state index contributed by atoms with van der Waals surface area (Å²) >= 11 is 0. The highest BCUT2D eigenvalue weighted by Gasteiger charge is 2.42. The summed E-state index contributed by atoms with van der Waals surface area (Å²) in [6, 6.07) is 7.26. The van der Waals surface area contributed by atoms with Gasteiger partial charge in [-0.05, 0) is 75.3 Å². The second-order valence-electron chi connectivity index (χ2n) is 8.04. The molecule has 1 saturated carbocycles. The first kappa shape index (κ1) is 20.0. The highest BCUT2D eigenvalue weighted by molar-refractivity contribution is 5.84. The maximum Gasteiger partial charge on any atom is 0.411 e. The van der Waals surface area contributed by atoms with Gasteiger partial charge in [-0.2, -0.15) is 0 Å². The molecule has 1 aromatic carbocycles. The number of carbonyl (C=O) groups excluding carboxylic acids is 1. The van der Waals surface area contributed by atoms with Gasteiger partial charge in [0.2, 0.25) is 0 Å². The van der Waals surface area contributed by atoms with Gasteiger partial charge in [0.1, 0.15) is 12.4 Å². The first-order valence-electron chi connectivity index (χ1n) is 10.5. The van der Waals surface area contributed by atoms with Gasteiger partial charge in [-0.1, -0.05) is 19.8 Å². The summed E-state index contributed by atoms with van der Waals surface area (Å²) in [6.07, 6.45) is 10.2.